The second-order valence-electron chi connectivity index (χ2n) is 10.8. The molecule has 1 fully saturated rings. The lowest BCUT2D eigenvalue weighted by Crippen LogP contribution is -2.50. The molecule has 43 heavy (non-hydrogen) atoms. The number of anilines is 1. The zero-order valence-electron chi connectivity index (χ0n) is 24.0. The Hall–Kier alpha value is -4.79. The number of carbonyl (C=O) groups is 1. The van der Waals surface area contributed by atoms with Crippen molar-refractivity contribution in [2.24, 2.45) is 7.05 Å². The average molecular weight is 594 g/mol. The maximum atomic E-state index is 14.4. The number of imidazole rings is 1. The third-order valence-corrected chi connectivity index (χ3v) is 9.79. The highest BCUT2D eigenvalue weighted by atomic mass is 32.2. The molecule has 3 heterocycles. The molecule has 0 atom stereocenters. The van der Waals surface area contributed by atoms with Gasteiger partial charge in [0.2, 0.25) is 5.91 Å². The highest BCUT2D eigenvalue weighted by Crippen LogP contribution is 2.31. The van der Waals surface area contributed by atoms with Crippen molar-refractivity contribution in [2.75, 3.05) is 44.1 Å². The predicted molar refractivity (Wildman–Crippen MR) is 165 cm³/mol. The lowest BCUT2D eigenvalue weighted by molar-refractivity contribution is -0.131. The fraction of sp³-hybridized carbons (Fsp3) is 0.250. The Morgan fingerprint density at radius 2 is 1.72 bits per heavy atom. The Morgan fingerprint density at radius 1 is 0.977 bits per heavy atom. The third kappa shape index (κ3) is 5.55. The smallest absolute Gasteiger partial charge is 0.266 e. The van der Waals surface area contributed by atoms with Crippen molar-refractivity contribution in [3.63, 3.8) is 0 Å². The predicted octanol–water partition coefficient (Wildman–Crippen LogP) is 3.55. The highest BCUT2D eigenvalue weighted by Gasteiger charge is 2.32. The molecule has 11 heteroatoms. The van der Waals surface area contributed by atoms with Gasteiger partial charge in [-0.25, -0.2) is 13.4 Å². The van der Waals surface area contributed by atoms with Gasteiger partial charge in [0.05, 0.1) is 33.9 Å². The Morgan fingerprint density at radius 3 is 2.47 bits per heavy atom. The highest BCUT2D eigenvalue weighted by molar-refractivity contribution is 7.93. The van der Waals surface area contributed by atoms with E-state index in [0.29, 0.717) is 47.2 Å². The number of pyridine rings is 1. The number of nitrogens with zero attached hydrogens (tertiary/aromatic N) is 7. The minimum Gasteiger partial charge on any atom is -0.339 e. The molecule has 2 aromatic heterocycles. The van der Waals surface area contributed by atoms with Crippen LogP contribution in [0.1, 0.15) is 17.0 Å². The average Bonchev–Trinajstić information content (AvgIpc) is 3.33. The lowest BCUT2D eigenvalue weighted by Gasteiger charge is -2.34. The van der Waals surface area contributed by atoms with Crippen LogP contribution in [-0.4, -0.2) is 78.4 Å². The fourth-order valence-corrected chi connectivity index (χ4v) is 7.00. The molecule has 5 aromatic rings. The molecule has 0 radical (unpaired) electrons. The van der Waals surface area contributed by atoms with Crippen LogP contribution in [0.4, 0.5) is 5.69 Å². The SMILES string of the molecule is CN1CCN(C(=O)CN(c2ccc3c(c2)nc(Cc2ccc(C#N)cc2)n3C)S(=O)(=O)c2cccc3cccnc23)CC1. The number of aromatic nitrogens is 3. The lowest BCUT2D eigenvalue weighted by atomic mass is 10.1. The molecule has 0 unspecified atom stereocenters. The first-order valence-electron chi connectivity index (χ1n) is 14.0. The van der Waals surface area contributed by atoms with Gasteiger partial charge in [0, 0.05) is 51.2 Å². The molecule has 3 aromatic carbocycles. The van der Waals surface area contributed by atoms with E-state index in [9.17, 15) is 13.2 Å². The molecule has 1 saturated heterocycles. The van der Waals surface area contributed by atoms with E-state index in [2.05, 4.69) is 16.0 Å². The number of likely N-dealkylation sites (N-methyl/N-ethyl adjacent to an activating group) is 1. The molecule has 0 aliphatic carbocycles. The molecule has 218 valence electrons. The normalized spacial score (nSPS) is 14.2. The van der Waals surface area contributed by atoms with E-state index in [1.54, 1.807) is 47.5 Å². The fourth-order valence-electron chi connectivity index (χ4n) is 5.43. The largest absolute Gasteiger partial charge is 0.339 e. The van der Waals surface area contributed by atoms with E-state index >= 15 is 0 Å². The van der Waals surface area contributed by atoms with Gasteiger partial charge in [0.15, 0.2) is 0 Å². The molecular formula is C32H31N7O3S. The van der Waals surface area contributed by atoms with Gasteiger partial charge in [-0.15, -0.1) is 0 Å². The molecule has 1 aliphatic rings. The first-order valence-corrected chi connectivity index (χ1v) is 15.5. The minimum absolute atomic E-state index is 0.0411. The van der Waals surface area contributed by atoms with E-state index < -0.39 is 10.0 Å². The van der Waals surface area contributed by atoms with Gasteiger partial charge in [0.1, 0.15) is 17.3 Å². The molecular weight excluding hydrogens is 562 g/mol. The quantitative estimate of drug-likeness (QED) is 0.283. The van der Waals surface area contributed by atoms with Gasteiger partial charge in [-0.2, -0.15) is 5.26 Å². The number of fused-ring (bicyclic) bond motifs is 2. The second-order valence-corrected chi connectivity index (χ2v) is 12.6. The first-order chi connectivity index (χ1) is 20.7. The molecule has 1 aliphatic heterocycles. The van der Waals surface area contributed by atoms with Crippen molar-refractivity contribution >= 4 is 43.6 Å². The molecule has 0 bridgehead atoms. The summed E-state index contributed by atoms with van der Waals surface area (Å²) in [6.07, 6.45) is 2.11. The molecule has 0 N–H and O–H groups in total. The van der Waals surface area contributed by atoms with Gasteiger partial charge in [-0.3, -0.25) is 14.1 Å². The van der Waals surface area contributed by atoms with Gasteiger partial charge in [0.25, 0.3) is 10.0 Å². The van der Waals surface area contributed by atoms with Crippen LogP contribution >= 0.6 is 0 Å². The number of sulfonamides is 1. The number of aryl methyl sites for hydroxylation is 1. The number of benzene rings is 3. The van der Waals surface area contributed by atoms with Gasteiger partial charge >= 0.3 is 0 Å². The van der Waals surface area contributed by atoms with Crippen LogP contribution < -0.4 is 4.31 Å². The monoisotopic (exact) mass is 593 g/mol. The van der Waals surface area contributed by atoms with Crippen molar-refractivity contribution in [1.82, 2.24) is 24.3 Å². The molecule has 10 nitrogen and oxygen atoms in total. The maximum Gasteiger partial charge on any atom is 0.266 e. The number of hydrogen-bond acceptors (Lipinski definition) is 7. The number of carbonyl (C=O) groups excluding carboxylic acids is 1. The maximum absolute atomic E-state index is 14.4. The number of para-hydroxylation sites is 1. The number of piperazine rings is 1. The summed E-state index contributed by atoms with van der Waals surface area (Å²) in [4.78, 5) is 26.7. The molecule has 6 rings (SSSR count). The van der Waals surface area contributed by atoms with Crippen molar-refractivity contribution in [3.8, 4) is 6.07 Å². The number of hydrogen-bond donors (Lipinski definition) is 0. The summed E-state index contributed by atoms with van der Waals surface area (Å²) in [7, 11) is -0.279. The van der Waals surface area contributed by atoms with Crippen LogP contribution in [0.5, 0.6) is 0 Å². The summed E-state index contributed by atoms with van der Waals surface area (Å²) in [6.45, 7) is 2.20. The number of amides is 1. The standard InChI is InChI=1S/C32H31N7O3S/c1-36-15-17-38(18-16-36)31(40)22-39(43(41,42)29-7-3-5-25-6-4-14-34-32(25)29)26-12-13-28-27(20-26)35-30(37(28)2)19-23-8-10-24(21-33)11-9-23/h3-14,20H,15-19,22H2,1-2H3. The van der Waals surface area contributed by atoms with Crippen molar-refractivity contribution in [2.45, 2.75) is 11.3 Å². The van der Waals surface area contributed by atoms with Crippen molar-refractivity contribution < 1.29 is 13.2 Å². The summed E-state index contributed by atoms with van der Waals surface area (Å²) in [5, 5.41) is 9.80. The van der Waals surface area contributed by atoms with Gasteiger partial charge in [-0.05, 0) is 55.1 Å². The Bertz CT molecular complexity index is 1970. The first kappa shape index (κ1) is 28.3. The summed E-state index contributed by atoms with van der Waals surface area (Å²) < 4.78 is 31.9. The van der Waals surface area contributed by atoms with E-state index in [1.807, 2.05) is 49.0 Å². The Kier molecular flexibility index (Phi) is 7.56. The Labute approximate surface area is 250 Å². The summed E-state index contributed by atoms with van der Waals surface area (Å²) >= 11 is 0. The zero-order chi connectivity index (χ0) is 30.1. The third-order valence-electron chi connectivity index (χ3n) is 7.99. The van der Waals surface area contributed by atoms with E-state index in [-0.39, 0.29) is 17.3 Å². The van der Waals surface area contributed by atoms with E-state index in [1.165, 1.54) is 10.4 Å². The minimum atomic E-state index is -4.20. The van der Waals surface area contributed by atoms with E-state index in [4.69, 9.17) is 10.2 Å². The van der Waals surface area contributed by atoms with E-state index in [0.717, 1.165) is 30.0 Å². The molecule has 1 amide bonds. The van der Waals surface area contributed by atoms with Gasteiger partial charge < -0.3 is 14.4 Å². The van der Waals surface area contributed by atoms with Crippen molar-refractivity contribution in [1.29, 1.82) is 5.26 Å². The topological polar surface area (TPSA) is 115 Å². The molecule has 0 saturated carbocycles. The van der Waals surface area contributed by atoms with Crippen LogP contribution in [0.2, 0.25) is 0 Å². The zero-order valence-corrected chi connectivity index (χ0v) is 24.8. The number of nitriles is 1. The second kappa shape index (κ2) is 11.5. The van der Waals surface area contributed by atoms with Gasteiger partial charge in [-0.1, -0.05) is 30.3 Å². The summed E-state index contributed by atoms with van der Waals surface area (Å²) in [5.41, 5.74) is 3.75. The summed E-state index contributed by atoms with van der Waals surface area (Å²) in [6, 6.07) is 23.4. The van der Waals surface area contributed by atoms with Crippen LogP contribution in [0.25, 0.3) is 21.9 Å². The van der Waals surface area contributed by atoms with Crippen molar-refractivity contribution in [3.05, 3.63) is 95.9 Å². The Balaban J connectivity index is 1.40. The van der Waals surface area contributed by atoms with Crippen LogP contribution in [0.3, 0.4) is 0 Å². The number of rotatable bonds is 7. The molecule has 0 spiro atoms. The van der Waals surface area contributed by atoms with Crippen LogP contribution in [0, 0.1) is 11.3 Å². The van der Waals surface area contributed by atoms with Crippen LogP contribution in [-0.2, 0) is 28.3 Å². The van der Waals surface area contributed by atoms with Crippen LogP contribution in [0.15, 0.2) is 83.9 Å². The summed E-state index contributed by atoms with van der Waals surface area (Å²) in [5.74, 6) is 0.533.